The van der Waals surface area contributed by atoms with E-state index in [0.717, 1.165) is 17.1 Å². The molecule has 1 heterocycles. The van der Waals surface area contributed by atoms with Crippen molar-refractivity contribution in [2.75, 3.05) is 13.1 Å². The van der Waals surface area contributed by atoms with E-state index in [0.29, 0.717) is 0 Å². The van der Waals surface area contributed by atoms with Crippen molar-refractivity contribution in [1.82, 2.24) is 5.32 Å². The molecular formula is C18H27NS. The van der Waals surface area contributed by atoms with Gasteiger partial charge in [-0.1, -0.05) is 44.4 Å². The van der Waals surface area contributed by atoms with Crippen molar-refractivity contribution in [3.63, 3.8) is 0 Å². The summed E-state index contributed by atoms with van der Waals surface area (Å²) in [7, 11) is 0. The summed E-state index contributed by atoms with van der Waals surface area (Å²) in [5.74, 6) is 1.95. The van der Waals surface area contributed by atoms with Crippen LogP contribution < -0.4 is 5.32 Å². The van der Waals surface area contributed by atoms with Gasteiger partial charge in [-0.15, -0.1) is 11.8 Å². The fraction of sp³-hybridized carbons (Fsp3) is 0.667. The van der Waals surface area contributed by atoms with Gasteiger partial charge in [-0.3, -0.25) is 0 Å². The topological polar surface area (TPSA) is 12.0 Å². The molecule has 0 saturated heterocycles. The number of benzene rings is 1. The van der Waals surface area contributed by atoms with Crippen LogP contribution in [0.2, 0.25) is 0 Å². The van der Waals surface area contributed by atoms with Crippen molar-refractivity contribution in [3.05, 3.63) is 29.8 Å². The molecule has 1 N–H and O–H groups in total. The third-order valence-corrected chi connectivity index (χ3v) is 6.18. The third-order valence-electron chi connectivity index (χ3n) is 4.86. The number of thioether (sulfide) groups is 1. The summed E-state index contributed by atoms with van der Waals surface area (Å²) in [6.45, 7) is 4.80. The summed E-state index contributed by atoms with van der Waals surface area (Å²) in [4.78, 5) is 1.50. The van der Waals surface area contributed by atoms with Gasteiger partial charge in [0.05, 0.1) is 0 Å². The molecule has 3 atom stereocenters. The quantitative estimate of drug-likeness (QED) is 0.800. The Kier molecular flexibility index (Phi) is 5.06. The minimum atomic E-state index is 0.748. The number of nitrogens with one attached hydrogen (secondary N) is 1. The smallest absolute Gasteiger partial charge is 0.0260 e. The summed E-state index contributed by atoms with van der Waals surface area (Å²) >= 11 is 2.06. The summed E-state index contributed by atoms with van der Waals surface area (Å²) < 4.78 is 0. The van der Waals surface area contributed by atoms with E-state index in [1.165, 1.54) is 56.5 Å². The first kappa shape index (κ1) is 14.5. The summed E-state index contributed by atoms with van der Waals surface area (Å²) in [6, 6.07) is 8.88. The van der Waals surface area contributed by atoms with Gasteiger partial charge < -0.3 is 5.32 Å². The molecule has 1 fully saturated rings. The second kappa shape index (κ2) is 7.00. The molecule has 1 aliphatic carbocycles. The maximum atomic E-state index is 3.70. The predicted octanol–water partition coefficient (Wildman–Crippen LogP) is 4.51. The molecule has 20 heavy (non-hydrogen) atoms. The van der Waals surface area contributed by atoms with Crippen molar-refractivity contribution in [2.45, 2.75) is 55.6 Å². The van der Waals surface area contributed by atoms with Gasteiger partial charge in [-0.05, 0) is 49.3 Å². The van der Waals surface area contributed by atoms with Gasteiger partial charge in [0.15, 0.2) is 0 Å². The molecule has 2 heteroatoms. The Bertz CT molecular complexity index is 406. The van der Waals surface area contributed by atoms with Crippen LogP contribution in [0.25, 0.3) is 0 Å². The van der Waals surface area contributed by atoms with E-state index in [-0.39, 0.29) is 0 Å². The fourth-order valence-corrected chi connectivity index (χ4v) is 5.04. The maximum absolute atomic E-state index is 3.70. The molecular weight excluding hydrogens is 262 g/mol. The number of fused-ring (bicyclic) bond motifs is 1. The van der Waals surface area contributed by atoms with Crippen LogP contribution in [0.5, 0.6) is 0 Å². The third kappa shape index (κ3) is 3.79. The Balaban J connectivity index is 1.33. The normalized spacial score (nSPS) is 29.4. The Hall–Kier alpha value is -0.470. The van der Waals surface area contributed by atoms with Gasteiger partial charge in [0.25, 0.3) is 0 Å². The van der Waals surface area contributed by atoms with Crippen molar-refractivity contribution in [2.24, 2.45) is 11.8 Å². The van der Waals surface area contributed by atoms with Crippen molar-refractivity contribution >= 4 is 11.8 Å². The minimum Gasteiger partial charge on any atom is -0.316 e. The highest BCUT2D eigenvalue weighted by atomic mass is 32.2. The minimum absolute atomic E-state index is 0.748. The SMILES string of the molecule is CC1CCCC(CCNCC2Cc3ccccc3S2)C1. The van der Waals surface area contributed by atoms with Crippen LogP contribution in [0, 0.1) is 11.8 Å². The lowest BCUT2D eigenvalue weighted by atomic mass is 9.81. The lowest BCUT2D eigenvalue weighted by Crippen LogP contribution is -2.27. The zero-order chi connectivity index (χ0) is 13.8. The molecule has 3 unspecified atom stereocenters. The molecule has 0 spiro atoms. The largest absolute Gasteiger partial charge is 0.316 e. The average molecular weight is 289 g/mol. The average Bonchev–Trinajstić information content (AvgIpc) is 2.86. The van der Waals surface area contributed by atoms with Crippen LogP contribution in [-0.2, 0) is 6.42 Å². The first-order valence-corrected chi connectivity index (χ1v) is 9.14. The van der Waals surface area contributed by atoms with Gasteiger partial charge in [0, 0.05) is 16.7 Å². The van der Waals surface area contributed by atoms with Crippen molar-refractivity contribution in [3.8, 4) is 0 Å². The lowest BCUT2D eigenvalue weighted by Gasteiger charge is -2.26. The Morgan fingerprint density at radius 3 is 3.00 bits per heavy atom. The molecule has 0 radical (unpaired) electrons. The van der Waals surface area contributed by atoms with Crippen LogP contribution in [-0.4, -0.2) is 18.3 Å². The Morgan fingerprint density at radius 2 is 2.15 bits per heavy atom. The van der Waals surface area contributed by atoms with E-state index >= 15 is 0 Å². The van der Waals surface area contributed by atoms with Gasteiger partial charge in [0.1, 0.15) is 0 Å². The van der Waals surface area contributed by atoms with Crippen LogP contribution in [0.3, 0.4) is 0 Å². The molecule has 110 valence electrons. The molecule has 1 nitrogen and oxygen atoms in total. The molecule has 3 rings (SSSR count). The maximum Gasteiger partial charge on any atom is 0.0260 e. The number of hydrogen-bond donors (Lipinski definition) is 1. The van der Waals surface area contributed by atoms with E-state index in [2.05, 4.69) is 48.3 Å². The van der Waals surface area contributed by atoms with Crippen molar-refractivity contribution in [1.29, 1.82) is 0 Å². The van der Waals surface area contributed by atoms with Crippen molar-refractivity contribution < 1.29 is 0 Å². The van der Waals surface area contributed by atoms with E-state index in [4.69, 9.17) is 0 Å². The van der Waals surface area contributed by atoms with Crippen LogP contribution in [0.15, 0.2) is 29.2 Å². The van der Waals surface area contributed by atoms with E-state index in [9.17, 15) is 0 Å². The first-order chi connectivity index (χ1) is 9.81. The molecule has 2 aliphatic rings. The molecule has 1 saturated carbocycles. The monoisotopic (exact) mass is 289 g/mol. The van der Waals surface area contributed by atoms with E-state index in [1.54, 1.807) is 5.56 Å². The van der Waals surface area contributed by atoms with Gasteiger partial charge >= 0.3 is 0 Å². The summed E-state index contributed by atoms with van der Waals surface area (Å²) in [5, 5.41) is 4.45. The lowest BCUT2D eigenvalue weighted by molar-refractivity contribution is 0.268. The summed E-state index contributed by atoms with van der Waals surface area (Å²) in [5.41, 5.74) is 1.55. The standard InChI is InChI=1S/C18H27NS/c1-14-5-4-6-15(11-14)9-10-19-13-17-12-16-7-2-3-8-18(16)20-17/h2-3,7-8,14-15,17,19H,4-6,9-13H2,1H3. The second-order valence-corrected chi connectivity index (χ2v) is 8.02. The Morgan fingerprint density at radius 1 is 1.25 bits per heavy atom. The first-order valence-electron chi connectivity index (χ1n) is 8.26. The highest BCUT2D eigenvalue weighted by molar-refractivity contribution is 8.00. The molecule has 1 aromatic rings. The zero-order valence-corrected chi connectivity index (χ0v) is 13.4. The van der Waals surface area contributed by atoms with Gasteiger partial charge in [-0.2, -0.15) is 0 Å². The molecule has 0 bridgehead atoms. The summed E-state index contributed by atoms with van der Waals surface area (Å²) in [6.07, 6.45) is 8.48. The zero-order valence-electron chi connectivity index (χ0n) is 12.6. The van der Waals surface area contributed by atoms with Crippen LogP contribution in [0.1, 0.15) is 44.6 Å². The fourth-order valence-electron chi connectivity index (χ4n) is 3.76. The molecule has 1 aliphatic heterocycles. The highest BCUT2D eigenvalue weighted by Crippen LogP contribution is 2.36. The molecule has 1 aromatic carbocycles. The van der Waals surface area contributed by atoms with Gasteiger partial charge in [0.2, 0.25) is 0 Å². The number of rotatable bonds is 5. The molecule has 0 amide bonds. The van der Waals surface area contributed by atoms with E-state index in [1.807, 2.05) is 0 Å². The van der Waals surface area contributed by atoms with E-state index < -0.39 is 0 Å². The predicted molar refractivity (Wildman–Crippen MR) is 88.4 cm³/mol. The second-order valence-electron chi connectivity index (χ2n) is 6.68. The Labute approximate surface area is 127 Å². The highest BCUT2D eigenvalue weighted by Gasteiger charge is 2.22. The van der Waals surface area contributed by atoms with Gasteiger partial charge in [-0.25, -0.2) is 0 Å². The number of hydrogen-bond acceptors (Lipinski definition) is 2. The van der Waals surface area contributed by atoms with Crippen LogP contribution >= 0.6 is 11.8 Å². The van der Waals surface area contributed by atoms with Crippen LogP contribution in [0.4, 0.5) is 0 Å². The molecule has 0 aromatic heterocycles.